The van der Waals surface area contributed by atoms with Gasteiger partial charge in [-0.3, -0.25) is 9.59 Å². The summed E-state index contributed by atoms with van der Waals surface area (Å²) in [6, 6.07) is 10.6. The van der Waals surface area contributed by atoms with Crippen LogP contribution in [-0.4, -0.2) is 23.6 Å². The lowest BCUT2D eigenvalue weighted by atomic mass is 10.2. The number of carbonyl (C=O) groups excluding carboxylic acids is 1. The first-order valence-corrected chi connectivity index (χ1v) is 6.70. The lowest BCUT2D eigenvalue weighted by molar-refractivity contribution is 0.0946. The fourth-order valence-electron chi connectivity index (χ4n) is 1.76. The summed E-state index contributed by atoms with van der Waals surface area (Å²) >= 11 is 0. The molecular formula is C16H18N2O3. The molecule has 0 radical (unpaired) electrons. The molecule has 2 rings (SSSR count). The van der Waals surface area contributed by atoms with Crippen molar-refractivity contribution in [3.05, 3.63) is 64.1 Å². The second-order valence-corrected chi connectivity index (χ2v) is 4.78. The summed E-state index contributed by atoms with van der Waals surface area (Å²) in [6.07, 6.45) is 1.57. The van der Waals surface area contributed by atoms with E-state index in [1.54, 1.807) is 19.3 Å². The first-order chi connectivity index (χ1) is 10.1. The molecule has 0 fully saturated rings. The second kappa shape index (κ2) is 6.74. The molecule has 0 aliphatic carbocycles. The van der Waals surface area contributed by atoms with Gasteiger partial charge in [0.2, 0.25) is 0 Å². The maximum Gasteiger partial charge on any atom is 0.251 e. The highest BCUT2D eigenvalue weighted by Crippen LogP contribution is 2.10. The van der Waals surface area contributed by atoms with E-state index >= 15 is 0 Å². The maximum atomic E-state index is 11.8. The van der Waals surface area contributed by atoms with Gasteiger partial charge in [-0.25, -0.2) is 0 Å². The molecule has 1 heterocycles. The highest BCUT2D eigenvalue weighted by molar-refractivity contribution is 5.93. The predicted octanol–water partition coefficient (Wildman–Crippen LogP) is 1.50. The molecule has 1 aromatic heterocycles. The molecule has 21 heavy (non-hydrogen) atoms. The van der Waals surface area contributed by atoms with E-state index in [-0.39, 0.29) is 11.5 Å². The molecule has 1 amide bonds. The Morgan fingerprint density at radius 3 is 2.62 bits per heavy atom. The van der Waals surface area contributed by atoms with Crippen molar-refractivity contribution >= 4 is 5.91 Å². The Hall–Kier alpha value is -2.56. The smallest absolute Gasteiger partial charge is 0.251 e. The molecular weight excluding hydrogens is 268 g/mol. The zero-order chi connectivity index (χ0) is 15.2. The molecule has 5 heteroatoms. The first-order valence-electron chi connectivity index (χ1n) is 6.70. The van der Waals surface area contributed by atoms with Gasteiger partial charge in [-0.05, 0) is 25.1 Å². The molecule has 110 valence electrons. The summed E-state index contributed by atoms with van der Waals surface area (Å²) in [4.78, 5) is 23.3. The molecule has 0 bridgehead atoms. The van der Waals surface area contributed by atoms with Crippen LogP contribution in [0.3, 0.4) is 0 Å². The van der Waals surface area contributed by atoms with Gasteiger partial charge in [-0.1, -0.05) is 17.7 Å². The second-order valence-electron chi connectivity index (χ2n) is 4.78. The summed E-state index contributed by atoms with van der Waals surface area (Å²) in [7, 11) is 1.64. The van der Waals surface area contributed by atoms with Crippen molar-refractivity contribution in [1.82, 2.24) is 9.88 Å². The van der Waals surface area contributed by atoms with Gasteiger partial charge in [0.15, 0.2) is 0 Å². The van der Waals surface area contributed by atoms with Crippen LogP contribution in [-0.2, 0) is 7.05 Å². The summed E-state index contributed by atoms with van der Waals surface area (Å²) < 4.78 is 6.92. The average molecular weight is 286 g/mol. The number of carbonyl (C=O) groups is 1. The van der Waals surface area contributed by atoms with Crippen LogP contribution in [0.4, 0.5) is 0 Å². The molecule has 0 aliphatic rings. The Morgan fingerprint density at radius 2 is 1.95 bits per heavy atom. The SMILES string of the molecule is Cc1ccc(OCCNC(=O)c2ccn(C)c(=O)c2)cc1. The summed E-state index contributed by atoms with van der Waals surface area (Å²) in [5.41, 5.74) is 1.31. The van der Waals surface area contributed by atoms with Crippen LogP contribution in [0.5, 0.6) is 5.75 Å². The summed E-state index contributed by atoms with van der Waals surface area (Å²) in [5, 5.41) is 2.72. The average Bonchev–Trinajstić information content (AvgIpc) is 2.48. The highest BCUT2D eigenvalue weighted by Gasteiger charge is 2.05. The Balaban J connectivity index is 1.80. The number of aryl methyl sites for hydroxylation is 2. The minimum Gasteiger partial charge on any atom is -0.492 e. The molecule has 5 nitrogen and oxygen atoms in total. The van der Waals surface area contributed by atoms with Crippen LogP contribution in [0.15, 0.2) is 47.4 Å². The monoisotopic (exact) mass is 286 g/mol. The van der Waals surface area contributed by atoms with E-state index in [2.05, 4.69) is 5.32 Å². The molecule has 1 N–H and O–H groups in total. The Morgan fingerprint density at radius 1 is 1.24 bits per heavy atom. The lowest BCUT2D eigenvalue weighted by Gasteiger charge is -2.08. The van der Waals surface area contributed by atoms with E-state index in [0.29, 0.717) is 18.7 Å². The van der Waals surface area contributed by atoms with Crippen molar-refractivity contribution in [2.75, 3.05) is 13.2 Å². The van der Waals surface area contributed by atoms with Crippen molar-refractivity contribution in [2.45, 2.75) is 6.92 Å². The van der Waals surface area contributed by atoms with Gasteiger partial charge in [0, 0.05) is 24.9 Å². The first kappa shape index (κ1) is 14.8. The van der Waals surface area contributed by atoms with Crippen molar-refractivity contribution < 1.29 is 9.53 Å². The van der Waals surface area contributed by atoms with Gasteiger partial charge in [0.25, 0.3) is 11.5 Å². The molecule has 2 aromatic rings. The van der Waals surface area contributed by atoms with E-state index in [1.807, 2.05) is 31.2 Å². The van der Waals surface area contributed by atoms with Gasteiger partial charge in [-0.15, -0.1) is 0 Å². The third-order valence-electron chi connectivity index (χ3n) is 3.04. The molecule has 0 atom stereocenters. The van der Waals surface area contributed by atoms with Crippen LogP contribution in [0, 0.1) is 6.92 Å². The highest BCUT2D eigenvalue weighted by atomic mass is 16.5. The molecule has 0 saturated heterocycles. The fourth-order valence-corrected chi connectivity index (χ4v) is 1.76. The van der Waals surface area contributed by atoms with E-state index in [9.17, 15) is 9.59 Å². The fraction of sp³-hybridized carbons (Fsp3) is 0.250. The quantitative estimate of drug-likeness (QED) is 0.847. The number of nitrogens with one attached hydrogen (secondary N) is 1. The normalized spacial score (nSPS) is 10.2. The zero-order valence-corrected chi connectivity index (χ0v) is 12.1. The molecule has 0 saturated carbocycles. The van der Waals surface area contributed by atoms with Crippen molar-refractivity contribution in [3.8, 4) is 5.75 Å². The van der Waals surface area contributed by atoms with E-state index in [1.165, 1.54) is 16.2 Å². The number of pyridine rings is 1. The number of hydrogen-bond donors (Lipinski definition) is 1. The van der Waals surface area contributed by atoms with Gasteiger partial charge in [-0.2, -0.15) is 0 Å². The lowest BCUT2D eigenvalue weighted by Crippen LogP contribution is -2.29. The molecule has 0 aliphatic heterocycles. The largest absolute Gasteiger partial charge is 0.492 e. The van der Waals surface area contributed by atoms with Crippen molar-refractivity contribution in [2.24, 2.45) is 7.05 Å². The van der Waals surface area contributed by atoms with Gasteiger partial charge in [0.1, 0.15) is 12.4 Å². The van der Waals surface area contributed by atoms with Gasteiger partial charge < -0.3 is 14.6 Å². The van der Waals surface area contributed by atoms with Crippen molar-refractivity contribution in [1.29, 1.82) is 0 Å². The number of aromatic nitrogens is 1. The number of rotatable bonds is 5. The van der Waals surface area contributed by atoms with E-state index in [4.69, 9.17) is 4.74 Å². The number of amides is 1. The van der Waals surface area contributed by atoms with Crippen LogP contribution in [0.25, 0.3) is 0 Å². The van der Waals surface area contributed by atoms with Gasteiger partial charge >= 0.3 is 0 Å². The predicted molar refractivity (Wildman–Crippen MR) is 80.7 cm³/mol. The minimum atomic E-state index is -0.278. The third-order valence-corrected chi connectivity index (χ3v) is 3.04. The number of nitrogens with zero attached hydrogens (tertiary/aromatic N) is 1. The topological polar surface area (TPSA) is 60.3 Å². The van der Waals surface area contributed by atoms with Crippen LogP contribution < -0.4 is 15.6 Å². The number of ether oxygens (including phenoxy) is 1. The standard InChI is InChI=1S/C16H18N2O3/c1-12-3-5-14(6-4-12)21-10-8-17-16(20)13-7-9-18(2)15(19)11-13/h3-7,9,11H,8,10H2,1-2H3,(H,17,20). The van der Waals surface area contributed by atoms with E-state index < -0.39 is 0 Å². The minimum absolute atomic E-state index is 0.210. The summed E-state index contributed by atoms with van der Waals surface area (Å²) in [5.74, 6) is 0.489. The summed E-state index contributed by atoms with van der Waals surface area (Å²) in [6.45, 7) is 2.76. The van der Waals surface area contributed by atoms with Gasteiger partial charge in [0.05, 0.1) is 6.54 Å². The maximum absolute atomic E-state index is 11.8. The van der Waals surface area contributed by atoms with E-state index in [0.717, 1.165) is 5.75 Å². The Kier molecular flexibility index (Phi) is 4.77. The molecule has 0 spiro atoms. The number of hydrogen-bond acceptors (Lipinski definition) is 3. The zero-order valence-electron chi connectivity index (χ0n) is 12.1. The Labute approximate surface area is 123 Å². The molecule has 1 aromatic carbocycles. The number of benzene rings is 1. The van der Waals surface area contributed by atoms with Crippen LogP contribution in [0.1, 0.15) is 15.9 Å². The van der Waals surface area contributed by atoms with Crippen molar-refractivity contribution in [3.63, 3.8) is 0 Å². The third kappa shape index (κ3) is 4.21. The van der Waals surface area contributed by atoms with Crippen LogP contribution in [0.2, 0.25) is 0 Å². The molecule has 0 unspecified atom stereocenters. The Bertz CT molecular complexity index is 675. The van der Waals surface area contributed by atoms with Crippen LogP contribution >= 0.6 is 0 Å².